The Labute approximate surface area is 112 Å². The number of allylic oxidation sites excluding steroid dienone is 1. The number of aliphatic carboxylic acids is 1. The van der Waals surface area contributed by atoms with E-state index in [1.165, 1.54) is 0 Å². The Hall–Kier alpha value is -1.60. The van der Waals surface area contributed by atoms with Gasteiger partial charge in [0.25, 0.3) is 0 Å². The maximum absolute atomic E-state index is 10.5. The van der Waals surface area contributed by atoms with E-state index in [0.717, 1.165) is 22.5 Å². The van der Waals surface area contributed by atoms with Crippen LogP contribution in [-0.2, 0) is 11.3 Å². The van der Waals surface area contributed by atoms with E-state index in [0.29, 0.717) is 11.7 Å². The number of carboxylic acids is 1. The second-order valence-corrected chi connectivity index (χ2v) is 5.23. The Morgan fingerprint density at radius 3 is 3.06 bits per heavy atom. The maximum Gasteiger partial charge on any atom is 0.192 e. The van der Waals surface area contributed by atoms with Crippen LogP contribution in [0.2, 0.25) is 0 Å². The molecule has 0 amide bonds. The molecule has 2 rings (SSSR count). The quantitative estimate of drug-likeness (QED) is 0.584. The molecule has 0 saturated carbocycles. The van der Waals surface area contributed by atoms with Crippen molar-refractivity contribution in [1.82, 2.24) is 14.8 Å². The van der Waals surface area contributed by atoms with Crippen LogP contribution in [0.5, 0.6) is 0 Å². The van der Waals surface area contributed by atoms with E-state index < -0.39 is 5.97 Å². The van der Waals surface area contributed by atoms with Crippen molar-refractivity contribution in [3.8, 4) is 10.7 Å². The molecule has 0 N–H and O–H groups in total. The molecule has 0 aliphatic rings. The average Bonchev–Trinajstić information content (AvgIpc) is 2.95. The van der Waals surface area contributed by atoms with Crippen molar-refractivity contribution in [2.24, 2.45) is 0 Å². The van der Waals surface area contributed by atoms with Crippen molar-refractivity contribution in [1.29, 1.82) is 0 Å². The van der Waals surface area contributed by atoms with Gasteiger partial charge in [0.05, 0.1) is 10.8 Å². The number of hydrogen-bond donors (Lipinski definition) is 0. The minimum atomic E-state index is -1.12. The largest absolute Gasteiger partial charge is 0.549 e. The van der Waals surface area contributed by atoms with Crippen LogP contribution >= 0.6 is 23.1 Å². The summed E-state index contributed by atoms with van der Waals surface area (Å²) in [6.45, 7) is 4.22. The van der Waals surface area contributed by atoms with Gasteiger partial charge in [-0.25, -0.2) is 0 Å². The summed E-state index contributed by atoms with van der Waals surface area (Å²) in [6.07, 6.45) is 1.73. The third kappa shape index (κ3) is 2.80. The summed E-state index contributed by atoms with van der Waals surface area (Å²) < 4.78 is 1.84. The number of thioether (sulfide) groups is 1. The van der Waals surface area contributed by atoms with Crippen molar-refractivity contribution in [3.05, 3.63) is 30.2 Å². The molecule has 0 aliphatic carbocycles. The van der Waals surface area contributed by atoms with Gasteiger partial charge < -0.3 is 9.90 Å². The van der Waals surface area contributed by atoms with E-state index >= 15 is 0 Å². The van der Waals surface area contributed by atoms with Crippen molar-refractivity contribution >= 4 is 29.1 Å². The lowest BCUT2D eigenvalue weighted by atomic mass is 10.4. The fourth-order valence-corrected chi connectivity index (χ4v) is 2.78. The number of carboxylic acid groups (broad SMARTS) is 1. The lowest BCUT2D eigenvalue weighted by Gasteiger charge is -2.06. The van der Waals surface area contributed by atoms with Crippen LogP contribution in [-0.4, -0.2) is 26.5 Å². The van der Waals surface area contributed by atoms with Gasteiger partial charge in [-0.05, 0) is 11.4 Å². The van der Waals surface area contributed by atoms with E-state index in [1.54, 1.807) is 17.4 Å². The number of hydrogen-bond acceptors (Lipinski definition) is 6. The molecule has 7 heteroatoms. The lowest BCUT2D eigenvalue weighted by Crippen LogP contribution is -2.24. The number of nitrogens with zero attached hydrogens (tertiary/aromatic N) is 3. The van der Waals surface area contributed by atoms with Crippen LogP contribution in [0.3, 0.4) is 0 Å². The van der Waals surface area contributed by atoms with Crippen molar-refractivity contribution in [2.45, 2.75) is 11.7 Å². The second kappa shape index (κ2) is 5.83. The van der Waals surface area contributed by atoms with Crippen LogP contribution in [0.25, 0.3) is 10.7 Å². The molecule has 0 aliphatic heterocycles. The zero-order valence-electron chi connectivity index (χ0n) is 9.41. The zero-order chi connectivity index (χ0) is 13.0. The molecule has 0 saturated heterocycles. The van der Waals surface area contributed by atoms with Gasteiger partial charge in [0.2, 0.25) is 0 Å². The number of carbonyl (C=O) groups excluding carboxylic acids is 1. The van der Waals surface area contributed by atoms with Crippen molar-refractivity contribution in [2.75, 3.05) is 5.75 Å². The average molecular weight is 280 g/mol. The number of aromatic nitrogens is 3. The third-order valence-corrected chi connectivity index (χ3v) is 3.90. The minimum Gasteiger partial charge on any atom is -0.549 e. The van der Waals surface area contributed by atoms with Crippen LogP contribution in [0, 0.1) is 0 Å². The van der Waals surface area contributed by atoms with E-state index in [4.69, 9.17) is 0 Å². The molecular weight excluding hydrogens is 270 g/mol. The highest BCUT2D eigenvalue weighted by Crippen LogP contribution is 2.26. The van der Waals surface area contributed by atoms with Crippen molar-refractivity contribution in [3.63, 3.8) is 0 Å². The van der Waals surface area contributed by atoms with Gasteiger partial charge in [0, 0.05) is 12.3 Å². The number of thiophene rings is 1. The highest BCUT2D eigenvalue weighted by atomic mass is 32.2. The fourth-order valence-electron chi connectivity index (χ4n) is 1.40. The van der Waals surface area contributed by atoms with Gasteiger partial charge in [0.1, 0.15) is 0 Å². The second-order valence-electron chi connectivity index (χ2n) is 3.34. The highest BCUT2D eigenvalue weighted by Gasteiger charge is 2.13. The molecule has 0 unspecified atom stereocenters. The molecule has 5 nitrogen and oxygen atoms in total. The first-order valence-corrected chi connectivity index (χ1v) is 6.99. The Bertz CT molecular complexity index is 549. The first-order valence-electron chi connectivity index (χ1n) is 5.13. The summed E-state index contributed by atoms with van der Waals surface area (Å²) in [5.41, 5.74) is 0. The van der Waals surface area contributed by atoms with E-state index in [9.17, 15) is 9.90 Å². The van der Waals surface area contributed by atoms with Crippen molar-refractivity contribution < 1.29 is 9.90 Å². The molecule has 0 bridgehead atoms. The van der Waals surface area contributed by atoms with Gasteiger partial charge in [0.15, 0.2) is 11.0 Å². The topological polar surface area (TPSA) is 70.8 Å². The molecule has 0 fully saturated rings. The maximum atomic E-state index is 10.5. The Balaban J connectivity index is 2.31. The number of rotatable bonds is 6. The summed E-state index contributed by atoms with van der Waals surface area (Å²) in [5.74, 6) is -0.531. The summed E-state index contributed by atoms with van der Waals surface area (Å²) in [5, 5.41) is 21.1. The van der Waals surface area contributed by atoms with Gasteiger partial charge >= 0.3 is 0 Å². The predicted molar refractivity (Wildman–Crippen MR) is 69.3 cm³/mol. The summed E-state index contributed by atoms with van der Waals surface area (Å²) >= 11 is 2.66. The lowest BCUT2D eigenvalue weighted by molar-refractivity contribution is -0.301. The van der Waals surface area contributed by atoms with E-state index in [-0.39, 0.29) is 5.75 Å². The van der Waals surface area contributed by atoms with Gasteiger partial charge in [-0.1, -0.05) is 23.9 Å². The van der Waals surface area contributed by atoms with Gasteiger partial charge in [-0.3, -0.25) is 4.57 Å². The van der Waals surface area contributed by atoms with Gasteiger partial charge in [-0.15, -0.1) is 28.1 Å². The first-order chi connectivity index (χ1) is 8.72. The van der Waals surface area contributed by atoms with Crippen LogP contribution in [0.1, 0.15) is 0 Å². The molecule has 0 aromatic carbocycles. The van der Waals surface area contributed by atoms with Crippen LogP contribution < -0.4 is 5.11 Å². The third-order valence-electron chi connectivity index (χ3n) is 2.09. The molecule has 94 valence electrons. The summed E-state index contributed by atoms with van der Waals surface area (Å²) in [6, 6.07) is 3.88. The molecule has 0 radical (unpaired) electrons. The minimum absolute atomic E-state index is 0.139. The van der Waals surface area contributed by atoms with E-state index in [2.05, 4.69) is 16.8 Å². The molecule has 2 aromatic rings. The highest BCUT2D eigenvalue weighted by molar-refractivity contribution is 7.99. The Morgan fingerprint density at radius 2 is 2.44 bits per heavy atom. The molecule has 2 aromatic heterocycles. The summed E-state index contributed by atoms with van der Waals surface area (Å²) in [4.78, 5) is 11.5. The Kier molecular flexibility index (Phi) is 4.16. The standard InChI is InChI=1S/C11H11N3O2S2/c1-2-5-14-10(8-4-3-6-17-8)12-13-11(14)18-7-9(15)16/h2-4,6H,1,5,7H2,(H,15,16)/p-1. The van der Waals surface area contributed by atoms with E-state index in [1.807, 2.05) is 22.1 Å². The first kappa shape index (κ1) is 12.8. The Morgan fingerprint density at radius 1 is 1.61 bits per heavy atom. The van der Waals surface area contributed by atoms with Crippen LogP contribution in [0.15, 0.2) is 35.3 Å². The van der Waals surface area contributed by atoms with Crippen LogP contribution in [0.4, 0.5) is 0 Å². The fraction of sp³-hybridized carbons (Fsp3) is 0.182. The number of carbonyl (C=O) groups is 1. The smallest absolute Gasteiger partial charge is 0.192 e. The normalized spacial score (nSPS) is 10.4. The molecular formula is C11H10N3O2S2-. The monoisotopic (exact) mass is 280 g/mol. The molecule has 0 spiro atoms. The predicted octanol–water partition coefficient (Wildman–Crippen LogP) is 1.03. The molecule has 18 heavy (non-hydrogen) atoms. The van der Waals surface area contributed by atoms with Gasteiger partial charge in [-0.2, -0.15) is 0 Å². The molecule has 2 heterocycles. The zero-order valence-corrected chi connectivity index (χ0v) is 11.0. The SMILES string of the molecule is C=CCn1c(SCC(=O)[O-])nnc1-c1cccs1. The summed E-state index contributed by atoms with van der Waals surface area (Å²) in [7, 11) is 0. The molecule has 0 atom stereocenters.